The molecule has 34 heavy (non-hydrogen) atoms. The van der Waals surface area contributed by atoms with Crippen LogP contribution in [0.15, 0.2) is 91.0 Å². The van der Waals surface area contributed by atoms with Crippen molar-refractivity contribution in [2.45, 2.75) is 13.0 Å². The van der Waals surface area contributed by atoms with Gasteiger partial charge >= 0.3 is 0 Å². The third-order valence-electron chi connectivity index (χ3n) is 6.00. The van der Waals surface area contributed by atoms with E-state index in [1.54, 1.807) is 35.2 Å². The number of aromatic hydroxyl groups is 2. The maximum atomic E-state index is 13.2. The van der Waals surface area contributed by atoms with E-state index in [2.05, 4.69) is 0 Å². The van der Waals surface area contributed by atoms with Gasteiger partial charge in [-0.05, 0) is 65.2 Å². The highest BCUT2D eigenvalue weighted by molar-refractivity contribution is 6.30. The number of phenolic OH excluding ortho intramolecular Hbond substituents is 2. The predicted molar refractivity (Wildman–Crippen MR) is 136 cm³/mol. The molecule has 0 spiro atoms. The number of amides is 1. The highest BCUT2D eigenvalue weighted by atomic mass is 35.5. The van der Waals surface area contributed by atoms with E-state index in [0.717, 1.165) is 33.8 Å². The Morgan fingerprint density at radius 2 is 1.50 bits per heavy atom. The standard InChI is InChI=1S/C28H23ClN2O3/c29-22-8-10-23(11-9-22)30-15-14-28(34)31(26-13-12-25(33)17-27(26)30)18-19-4-6-20(7-5-19)21-2-1-3-24(32)16-21/h1-13,16-17,32-33H,14-15,18H2. The van der Waals surface area contributed by atoms with Gasteiger partial charge in [0.1, 0.15) is 11.5 Å². The van der Waals surface area contributed by atoms with Gasteiger partial charge in [-0.2, -0.15) is 0 Å². The van der Waals surface area contributed by atoms with Gasteiger partial charge in [-0.25, -0.2) is 0 Å². The molecule has 2 N–H and O–H groups in total. The summed E-state index contributed by atoms with van der Waals surface area (Å²) in [7, 11) is 0. The molecule has 5 nitrogen and oxygen atoms in total. The number of halogens is 1. The van der Waals surface area contributed by atoms with Crippen molar-refractivity contribution in [1.82, 2.24) is 0 Å². The predicted octanol–water partition coefficient (Wildman–Crippen LogP) is 6.49. The van der Waals surface area contributed by atoms with Gasteiger partial charge in [0.05, 0.1) is 17.9 Å². The van der Waals surface area contributed by atoms with Gasteiger partial charge in [-0.1, -0.05) is 48.0 Å². The number of hydrogen-bond donors (Lipinski definition) is 2. The molecule has 170 valence electrons. The molecule has 0 fully saturated rings. The molecule has 1 heterocycles. The van der Waals surface area contributed by atoms with Gasteiger partial charge in [-0.3, -0.25) is 4.79 Å². The van der Waals surface area contributed by atoms with E-state index in [1.165, 1.54) is 0 Å². The van der Waals surface area contributed by atoms with Crippen LogP contribution in [0.2, 0.25) is 5.02 Å². The lowest BCUT2D eigenvalue weighted by Crippen LogP contribution is -2.29. The molecule has 0 bridgehead atoms. The number of phenols is 2. The van der Waals surface area contributed by atoms with Crippen LogP contribution in [0.25, 0.3) is 11.1 Å². The summed E-state index contributed by atoms with van der Waals surface area (Å²) in [6.45, 7) is 0.898. The number of nitrogens with zero attached hydrogens (tertiary/aromatic N) is 2. The molecule has 0 saturated heterocycles. The van der Waals surface area contributed by atoms with Crippen LogP contribution in [0.5, 0.6) is 11.5 Å². The van der Waals surface area contributed by atoms with Crippen molar-refractivity contribution in [3.05, 3.63) is 102 Å². The van der Waals surface area contributed by atoms with Crippen LogP contribution in [0, 0.1) is 0 Å². The molecule has 1 amide bonds. The summed E-state index contributed by atoms with van der Waals surface area (Å²) in [6, 6.07) is 27.6. The largest absolute Gasteiger partial charge is 0.508 e. The summed E-state index contributed by atoms with van der Waals surface area (Å²) in [5.41, 5.74) is 5.31. The van der Waals surface area contributed by atoms with E-state index in [4.69, 9.17) is 11.6 Å². The van der Waals surface area contributed by atoms with Gasteiger partial charge in [0.15, 0.2) is 0 Å². The first-order valence-corrected chi connectivity index (χ1v) is 11.4. The average Bonchev–Trinajstić information content (AvgIpc) is 2.97. The van der Waals surface area contributed by atoms with E-state index in [9.17, 15) is 15.0 Å². The summed E-state index contributed by atoms with van der Waals surface area (Å²) in [4.78, 5) is 17.0. The Balaban J connectivity index is 1.47. The summed E-state index contributed by atoms with van der Waals surface area (Å²) in [6.07, 6.45) is 0.333. The fourth-order valence-corrected chi connectivity index (χ4v) is 4.41. The Morgan fingerprint density at radius 3 is 2.24 bits per heavy atom. The lowest BCUT2D eigenvalue weighted by molar-refractivity contribution is -0.118. The molecule has 0 aromatic heterocycles. The topological polar surface area (TPSA) is 64.0 Å². The molecule has 4 aromatic rings. The Labute approximate surface area is 203 Å². The molecule has 1 aliphatic heterocycles. The first-order chi connectivity index (χ1) is 16.5. The molecule has 1 aliphatic rings. The second-order valence-corrected chi connectivity index (χ2v) is 8.71. The maximum Gasteiger partial charge on any atom is 0.229 e. The third kappa shape index (κ3) is 4.43. The monoisotopic (exact) mass is 470 g/mol. The van der Waals surface area contributed by atoms with Crippen LogP contribution in [-0.2, 0) is 11.3 Å². The minimum Gasteiger partial charge on any atom is -0.508 e. The molecule has 4 aromatic carbocycles. The molecule has 0 aliphatic carbocycles. The van der Waals surface area contributed by atoms with Crippen molar-refractivity contribution >= 4 is 34.6 Å². The van der Waals surface area contributed by atoms with E-state index in [-0.39, 0.29) is 17.4 Å². The zero-order chi connectivity index (χ0) is 23.7. The first-order valence-electron chi connectivity index (χ1n) is 11.0. The Morgan fingerprint density at radius 1 is 0.765 bits per heavy atom. The van der Waals surface area contributed by atoms with Gasteiger partial charge < -0.3 is 20.0 Å². The minimum atomic E-state index is 0.0143. The lowest BCUT2D eigenvalue weighted by Gasteiger charge is -2.27. The average molecular weight is 471 g/mol. The van der Waals surface area contributed by atoms with Crippen molar-refractivity contribution in [3.8, 4) is 22.6 Å². The van der Waals surface area contributed by atoms with Crippen molar-refractivity contribution in [3.63, 3.8) is 0 Å². The SMILES string of the molecule is O=C1CCN(c2ccc(Cl)cc2)c2cc(O)ccc2N1Cc1ccc(-c2cccc(O)c2)cc1. The molecule has 0 radical (unpaired) electrons. The van der Waals surface area contributed by atoms with Gasteiger partial charge in [0.25, 0.3) is 0 Å². The number of anilines is 3. The van der Waals surface area contributed by atoms with Crippen molar-refractivity contribution in [1.29, 1.82) is 0 Å². The zero-order valence-corrected chi connectivity index (χ0v) is 19.1. The zero-order valence-electron chi connectivity index (χ0n) is 18.4. The second-order valence-electron chi connectivity index (χ2n) is 8.28. The van der Waals surface area contributed by atoms with E-state index in [0.29, 0.717) is 24.5 Å². The summed E-state index contributed by atoms with van der Waals surface area (Å²) < 4.78 is 0. The molecule has 0 unspecified atom stereocenters. The molecule has 0 atom stereocenters. The summed E-state index contributed by atoms with van der Waals surface area (Å²) in [5.74, 6) is 0.379. The van der Waals surface area contributed by atoms with E-state index < -0.39 is 0 Å². The lowest BCUT2D eigenvalue weighted by atomic mass is 10.0. The van der Waals surface area contributed by atoms with Gasteiger partial charge in [-0.15, -0.1) is 0 Å². The van der Waals surface area contributed by atoms with Crippen LogP contribution < -0.4 is 9.80 Å². The Kier molecular flexibility index (Phi) is 5.86. The van der Waals surface area contributed by atoms with Crippen LogP contribution >= 0.6 is 11.6 Å². The normalized spacial score (nSPS) is 13.5. The van der Waals surface area contributed by atoms with E-state index in [1.807, 2.05) is 65.6 Å². The number of carbonyl (C=O) groups excluding carboxylic acids is 1. The summed E-state index contributed by atoms with van der Waals surface area (Å²) >= 11 is 6.07. The molecule has 6 heteroatoms. The quantitative estimate of drug-likeness (QED) is 0.357. The van der Waals surface area contributed by atoms with Crippen LogP contribution in [0.4, 0.5) is 17.1 Å². The number of hydrogen-bond acceptors (Lipinski definition) is 4. The fourth-order valence-electron chi connectivity index (χ4n) is 4.29. The highest BCUT2D eigenvalue weighted by Crippen LogP contribution is 2.40. The number of benzene rings is 4. The minimum absolute atomic E-state index is 0.0143. The van der Waals surface area contributed by atoms with Crippen molar-refractivity contribution in [2.24, 2.45) is 0 Å². The Hall–Kier alpha value is -3.96. The molecular weight excluding hydrogens is 448 g/mol. The molecule has 5 rings (SSSR count). The van der Waals surface area contributed by atoms with Crippen LogP contribution in [-0.4, -0.2) is 22.7 Å². The van der Waals surface area contributed by atoms with Crippen LogP contribution in [0.1, 0.15) is 12.0 Å². The third-order valence-corrected chi connectivity index (χ3v) is 6.26. The highest BCUT2D eigenvalue weighted by Gasteiger charge is 2.27. The second kappa shape index (κ2) is 9.12. The number of carbonyl (C=O) groups is 1. The Bertz CT molecular complexity index is 1340. The smallest absolute Gasteiger partial charge is 0.229 e. The van der Waals surface area contributed by atoms with Crippen LogP contribution in [0.3, 0.4) is 0 Å². The van der Waals surface area contributed by atoms with Gasteiger partial charge in [0.2, 0.25) is 5.91 Å². The van der Waals surface area contributed by atoms with Crippen molar-refractivity contribution < 1.29 is 15.0 Å². The maximum absolute atomic E-state index is 13.2. The summed E-state index contributed by atoms with van der Waals surface area (Å²) in [5, 5.41) is 20.6. The molecule has 0 saturated carbocycles. The van der Waals surface area contributed by atoms with Gasteiger partial charge in [0, 0.05) is 29.7 Å². The van der Waals surface area contributed by atoms with Crippen molar-refractivity contribution in [2.75, 3.05) is 16.3 Å². The number of fused-ring (bicyclic) bond motifs is 1. The van der Waals surface area contributed by atoms with E-state index >= 15 is 0 Å². The molecular formula is C28H23ClN2O3. The number of rotatable bonds is 4. The fraction of sp³-hybridized carbons (Fsp3) is 0.107. The first kappa shape index (κ1) is 21.9.